The van der Waals surface area contributed by atoms with Crippen LogP contribution in [0, 0.1) is 0 Å². The van der Waals surface area contributed by atoms with Gasteiger partial charge in [0.05, 0.1) is 0 Å². The van der Waals surface area contributed by atoms with Crippen molar-refractivity contribution in [1.29, 1.82) is 0 Å². The van der Waals surface area contributed by atoms with E-state index in [1.807, 2.05) is 24.3 Å². The van der Waals surface area contributed by atoms with Gasteiger partial charge in [-0.15, -0.1) is 0 Å². The summed E-state index contributed by atoms with van der Waals surface area (Å²) in [4.78, 5) is 11.6. The van der Waals surface area contributed by atoms with Gasteiger partial charge in [0.15, 0.2) is 5.78 Å². The van der Waals surface area contributed by atoms with Gasteiger partial charge in [-0.3, -0.25) is 4.79 Å². The van der Waals surface area contributed by atoms with E-state index in [4.69, 9.17) is 0 Å². The topological polar surface area (TPSA) is 37.3 Å². The van der Waals surface area contributed by atoms with Gasteiger partial charge >= 0.3 is 0 Å². The maximum atomic E-state index is 11.6. The van der Waals surface area contributed by atoms with Gasteiger partial charge in [-0.2, -0.15) is 0 Å². The maximum absolute atomic E-state index is 11.6. The largest absolute Gasteiger partial charge is 0.383 e. The fourth-order valence-corrected chi connectivity index (χ4v) is 1.42. The normalized spacial score (nSPS) is 11.9. The molecule has 16 heavy (non-hydrogen) atoms. The summed E-state index contributed by atoms with van der Waals surface area (Å²) in [5.41, 5.74) is 0.979. The third-order valence-corrected chi connectivity index (χ3v) is 2.69. The van der Waals surface area contributed by atoms with E-state index in [1.54, 1.807) is 0 Å². The molecule has 0 aliphatic rings. The Hall–Kier alpha value is -1.15. The first kappa shape index (κ1) is 12.9. The summed E-state index contributed by atoms with van der Waals surface area (Å²) in [6, 6.07) is 7.99. The Morgan fingerprint density at radius 1 is 1.25 bits per heavy atom. The highest BCUT2D eigenvalue weighted by Crippen LogP contribution is 2.16. The predicted octanol–water partition coefficient (Wildman–Crippen LogP) is 2.69. The molecule has 0 aromatic heterocycles. The number of benzene rings is 1. The number of Topliss-reactive ketones (excluding diaryl/α,β-unsaturated/α-hetero) is 1. The first-order valence-corrected chi connectivity index (χ1v) is 5.65. The molecule has 2 heteroatoms. The van der Waals surface area contributed by atoms with Crippen molar-refractivity contribution in [3.8, 4) is 0 Å². The van der Waals surface area contributed by atoms with Crippen LogP contribution in [-0.4, -0.2) is 16.5 Å². The molecule has 2 nitrogen and oxygen atoms in total. The first-order chi connectivity index (χ1) is 7.30. The molecule has 1 N–H and O–H groups in total. The van der Waals surface area contributed by atoms with Crippen molar-refractivity contribution >= 4 is 5.78 Å². The molecular formula is C14H20O2. The van der Waals surface area contributed by atoms with Gasteiger partial charge in [0.1, 0.15) is 5.60 Å². The number of aliphatic hydroxyl groups is 1. The molecular weight excluding hydrogens is 200 g/mol. The minimum absolute atomic E-state index is 0.148. The molecule has 1 rings (SSSR count). The van der Waals surface area contributed by atoms with Crippen LogP contribution >= 0.6 is 0 Å². The quantitative estimate of drug-likeness (QED) is 0.847. The predicted molar refractivity (Wildman–Crippen MR) is 65.5 cm³/mol. The number of carbonyl (C=O) groups excluding carboxylic acids is 1. The third-order valence-electron chi connectivity index (χ3n) is 2.69. The van der Waals surface area contributed by atoms with E-state index in [0.29, 0.717) is 12.3 Å². The van der Waals surface area contributed by atoms with E-state index in [1.165, 1.54) is 19.4 Å². The van der Waals surface area contributed by atoms with Gasteiger partial charge in [-0.25, -0.2) is 0 Å². The minimum atomic E-state index is -1.24. The Labute approximate surface area is 97.3 Å². The molecule has 0 amide bonds. The average molecular weight is 220 g/mol. The van der Waals surface area contributed by atoms with Crippen LogP contribution < -0.4 is 0 Å². The van der Waals surface area contributed by atoms with Gasteiger partial charge in [-0.1, -0.05) is 38.1 Å². The van der Waals surface area contributed by atoms with E-state index in [9.17, 15) is 9.90 Å². The maximum Gasteiger partial charge on any atom is 0.168 e. The molecule has 0 saturated carbocycles. The molecule has 0 spiro atoms. The van der Waals surface area contributed by atoms with E-state index in [0.717, 1.165) is 5.56 Å². The second-order valence-corrected chi connectivity index (χ2v) is 5.06. The monoisotopic (exact) mass is 220 g/mol. The number of carbonyl (C=O) groups is 1. The molecule has 0 atom stereocenters. The lowest BCUT2D eigenvalue weighted by molar-refractivity contribution is -0.133. The lowest BCUT2D eigenvalue weighted by Crippen LogP contribution is -2.32. The highest BCUT2D eigenvalue weighted by molar-refractivity contribution is 5.88. The van der Waals surface area contributed by atoms with Crippen LogP contribution in [0.1, 0.15) is 44.7 Å². The zero-order valence-corrected chi connectivity index (χ0v) is 10.4. The summed E-state index contributed by atoms with van der Waals surface area (Å²) in [6.07, 6.45) is 0.294. The zero-order chi connectivity index (χ0) is 12.3. The van der Waals surface area contributed by atoms with Crippen LogP contribution in [-0.2, 0) is 11.2 Å². The molecule has 0 fully saturated rings. The molecule has 0 aliphatic heterocycles. The Morgan fingerprint density at radius 3 is 2.12 bits per heavy atom. The molecule has 0 unspecified atom stereocenters. The van der Waals surface area contributed by atoms with Crippen LogP contribution in [0.4, 0.5) is 0 Å². The lowest BCUT2D eigenvalue weighted by atomic mass is 9.95. The van der Waals surface area contributed by atoms with Gasteiger partial charge in [0, 0.05) is 6.42 Å². The third kappa shape index (κ3) is 3.46. The van der Waals surface area contributed by atoms with Crippen LogP contribution in [0.2, 0.25) is 0 Å². The van der Waals surface area contributed by atoms with Crippen molar-refractivity contribution in [3.05, 3.63) is 35.4 Å². The molecule has 88 valence electrons. The summed E-state index contributed by atoms with van der Waals surface area (Å²) in [5, 5.41) is 9.54. The van der Waals surface area contributed by atoms with Crippen LogP contribution in [0.15, 0.2) is 24.3 Å². The van der Waals surface area contributed by atoms with Gasteiger partial charge in [0.2, 0.25) is 0 Å². The summed E-state index contributed by atoms with van der Waals surface area (Å²) in [7, 11) is 0. The first-order valence-electron chi connectivity index (χ1n) is 5.65. The van der Waals surface area contributed by atoms with Crippen LogP contribution in [0.5, 0.6) is 0 Å². The summed E-state index contributed by atoms with van der Waals surface area (Å²) >= 11 is 0. The second kappa shape index (κ2) is 4.79. The van der Waals surface area contributed by atoms with Crippen molar-refractivity contribution in [1.82, 2.24) is 0 Å². The fourth-order valence-electron chi connectivity index (χ4n) is 1.42. The van der Waals surface area contributed by atoms with Gasteiger partial charge in [-0.05, 0) is 30.9 Å². The number of hydrogen-bond acceptors (Lipinski definition) is 2. The number of hydrogen-bond donors (Lipinski definition) is 1. The van der Waals surface area contributed by atoms with E-state index in [-0.39, 0.29) is 5.78 Å². The zero-order valence-electron chi connectivity index (χ0n) is 10.4. The second-order valence-electron chi connectivity index (χ2n) is 5.06. The smallest absolute Gasteiger partial charge is 0.168 e. The minimum Gasteiger partial charge on any atom is -0.383 e. The Balaban J connectivity index is 2.73. The molecule has 0 saturated heterocycles. The summed E-state index contributed by atoms with van der Waals surface area (Å²) < 4.78 is 0. The van der Waals surface area contributed by atoms with Crippen molar-refractivity contribution < 1.29 is 9.90 Å². The van der Waals surface area contributed by atoms with Gasteiger partial charge < -0.3 is 5.11 Å². The van der Waals surface area contributed by atoms with Crippen LogP contribution in [0.3, 0.4) is 0 Å². The lowest BCUT2D eigenvalue weighted by Gasteiger charge is -2.15. The highest BCUT2D eigenvalue weighted by atomic mass is 16.3. The standard InChI is InChI=1S/C14H20O2/c1-10(2)12-7-5-11(6-8-12)9-13(15)14(3,4)16/h5-8,10,16H,9H2,1-4H3. The number of ketones is 1. The van der Waals surface area contributed by atoms with Crippen molar-refractivity contribution in [3.63, 3.8) is 0 Å². The Bertz CT molecular complexity index is 355. The number of rotatable bonds is 4. The Morgan fingerprint density at radius 2 is 1.75 bits per heavy atom. The SMILES string of the molecule is CC(C)c1ccc(CC(=O)C(C)(C)O)cc1. The molecule has 1 aromatic rings. The molecule has 0 bridgehead atoms. The van der Waals surface area contributed by atoms with Crippen molar-refractivity contribution in [2.24, 2.45) is 0 Å². The molecule has 0 heterocycles. The van der Waals surface area contributed by atoms with Crippen LogP contribution in [0.25, 0.3) is 0 Å². The average Bonchev–Trinajstić information content (AvgIpc) is 2.17. The van der Waals surface area contributed by atoms with Gasteiger partial charge in [0.25, 0.3) is 0 Å². The molecule has 0 aliphatic carbocycles. The summed E-state index contributed by atoms with van der Waals surface area (Å²) in [5.74, 6) is 0.351. The van der Waals surface area contributed by atoms with E-state index < -0.39 is 5.60 Å². The molecule has 0 radical (unpaired) electrons. The van der Waals surface area contributed by atoms with E-state index in [2.05, 4.69) is 13.8 Å². The summed E-state index contributed by atoms with van der Waals surface area (Å²) in [6.45, 7) is 7.32. The van der Waals surface area contributed by atoms with E-state index >= 15 is 0 Å². The highest BCUT2D eigenvalue weighted by Gasteiger charge is 2.23. The fraction of sp³-hybridized carbons (Fsp3) is 0.500. The van der Waals surface area contributed by atoms with Crippen molar-refractivity contribution in [2.75, 3.05) is 0 Å². The van der Waals surface area contributed by atoms with Crippen molar-refractivity contribution in [2.45, 2.75) is 45.6 Å². The molecule has 1 aromatic carbocycles. The Kier molecular flexibility index (Phi) is 3.87.